The number of nitrogens with zero attached hydrogens (tertiary/aromatic N) is 2. The molecule has 1 aliphatic heterocycles. The highest BCUT2D eigenvalue weighted by Crippen LogP contribution is 2.29. The van der Waals surface area contributed by atoms with Gasteiger partial charge in [0.05, 0.1) is 11.7 Å². The van der Waals surface area contributed by atoms with Gasteiger partial charge in [-0.3, -0.25) is 0 Å². The van der Waals surface area contributed by atoms with Gasteiger partial charge in [0.1, 0.15) is 0 Å². The minimum absolute atomic E-state index is 0.0511. The molecule has 1 saturated heterocycles. The van der Waals surface area contributed by atoms with Gasteiger partial charge in [-0.2, -0.15) is 0 Å². The van der Waals surface area contributed by atoms with Crippen LogP contribution >= 0.6 is 24.0 Å². The number of hydrogen-bond donors (Lipinski definition) is 1. The van der Waals surface area contributed by atoms with Crippen LogP contribution in [0.3, 0.4) is 0 Å². The molecule has 0 radical (unpaired) electrons. The van der Waals surface area contributed by atoms with Gasteiger partial charge < -0.3 is 15.1 Å². The van der Waals surface area contributed by atoms with E-state index < -0.39 is 0 Å². The lowest BCUT2D eigenvalue weighted by molar-refractivity contribution is 0.377. The molecular weight excluding hydrogens is 406 g/mol. The Morgan fingerprint density at radius 2 is 1.33 bits per heavy atom. The van der Waals surface area contributed by atoms with Crippen molar-refractivity contribution in [1.82, 2.24) is 10.2 Å². The largest absolute Gasteiger partial charge is 0.367 e. The van der Waals surface area contributed by atoms with Gasteiger partial charge in [0.15, 0.2) is 5.11 Å². The number of benzene rings is 3. The molecule has 1 fully saturated rings. The number of thiocarbonyl (C=S) groups is 1. The summed E-state index contributed by atoms with van der Waals surface area (Å²) >= 11 is 7.65. The summed E-state index contributed by atoms with van der Waals surface area (Å²) in [6.45, 7) is 3.79. The molecule has 3 aromatic rings. The van der Waals surface area contributed by atoms with Crippen LogP contribution in [0.5, 0.6) is 0 Å². The second-order valence-corrected chi connectivity index (χ2v) is 8.58. The van der Waals surface area contributed by atoms with E-state index in [1.165, 1.54) is 21.7 Å². The van der Waals surface area contributed by atoms with Gasteiger partial charge in [-0.25, -0.2) is 0 Å². The van der Waals surface area contributed by atoms with E-state index in [1.807, 2.05) is 0 Å². The van der Waals surface area contributed by atoms with Crippen LogP contribution < -0.4 is 10.2 Å². The molecule has 0 bridgehead atoms. The fourth-order valence-corrected chi connectivity index (χ4v) is 4.83. The Kier molecular flexibility index (Phi) is 6.92. The van der Waals surface area contributed by atoms with Crippen LogP contribution in [0.15, 0.2) is 89.8 Å². The number of thioether (sulfide) groups is 1. The molecule has 0 aliphatic carbocycles. The van der Waals surface area contributed by atoms with Crippen molar-refractivity contribution >= 4 is 34.8 Å². The van der Waals surface area contributed by atoms with Crippen molar-refractivity contribution in [3.8, 4) is 0 Å². The molecule has 3 nitrogen and oxygen atoms in total. The molecule has 1 heterocycles. The second kappa shape index (κ2) is 10.0. The maximum atomic E-state index is 5.85. The highest BCUT2D eigenvalue weighted by Gasteiger charge is 2.23. The van der Waals surface area contributed by atoms with Gasteiger partial charge in [0, 0.05) is 31.1 Å². The summed E-state index contributed by atoms with van der Waals surface area (Å²) in [4.78, 5) is 6.10. The zero-order valence-electron chi connectivity index (χ0n) is 17.2. The average molecular weight is 434 g/mol. The first-order chi connectivity index (χ1) is 14.8. The zero-order valence-corrected chi connectivity index (χ0v) is 18.8. The van der Waals surface area contributed by atoms with Crippen LogP contribution in [-0.2, 0) is 0 Å². The monoisotopic (exact) mass is 433 g/mol. The third kappa shape index (κ3) is 4.79. The first kappa shape index (κ1) is 20.8. The van der Waals surface area contributed by atoms with Gasteiger partial charge in [0.25, 0.3) is 0 Å². The van der Waals surface area contributed by atoms with E-state index >= 15 is 0 Å². The van der Waals surface area contributed by atoms with Crippen molar-refractivity contribution in [2.45, 2.75) is 10.9 Å². The van der Waals surface area contributed by atoms with Crippen molar-refractivity contribution in [2.75, 3.05) is 37.3 Å². The van der Waals surface area contributed by atoms with Crippen LogP contribution in [0.25, 0.3) is 0 Å². The van der Waals surface area contributed by atoms with Crippen molar-refractivity contribution in [2.24, 2.45) is 0 Å². The Hall–Kier alpha value is -2.50. The van der Waals surface area contributed by atoms with Gasteiger partial charge in [0.2, 0.25) is 0 Å². The molecule has 4 rings (SSSR count). The van der Waals surface area contributed by atoms with Gasteiger partial charge in [-0.1, -0.05) is 72.8 Å². The Morgan fingerprint density at radius 1 is 0.800 bits per heavy atom. The minimum Gasteiger partial charge on any atom is -0.367 e. The Morgan fingerprint density at radius 3 is 1.90 bits per heavy atom. The first-order valence-electron chi connectivity index (χ1n) is 10.3. The molecule has 0 amide bonds. The molecule has 154 valence electrons. The van der Waals surface area contributed by atoms with E-state index in [9.17, 15) is 0 Å². The number of rotatable bonds is 5. The standard InChI is InChI=1S/C25H27N3S2/c1-30-23-15-9-8-14-22(23)27-16-18-28(19-17-27)25(29)26-24(20-10-4-2-5-11-20)21-12-6-3-7-13-21/h2-15,24H,16-19H2,1H3,(H,26,29). The number of piperazine rings is 1. The lowest BCUT2D eigenvalue weighted by atomic mass is 9.99. The number of anilines is 1. The molecule has 0 aromatic heterocycles. The number of para-hydroxylation sites is 1. The summed E-state index contributed by atoms with van der Waals surface area (Å²) in [5.41, 5.74) is 3.77. The predicted molar refractivity (Wildman–Crippen MR) is 132 cm³/mol. The van der Waals surface area contributed by atoms with Crippen LogP contribution in [0.1, 0.15) is 17.2 Å². The van der Waals surface area contributed by atoms with E-state index in [-0.39, 0.29) is 6.04 Å². The van der Waals surface area contributed by atoms with Crippen LogP contribution in [0, 0.1) is 0 Å². The van der Waals surface area contributed by atoms with Gasteiger partial charge in [-0.05, 0) is 41.7 Å². The summed E-state index contributed by atoms with van der Waals surface area (Å²) < 4.78 is 0. The molecule has 0 atom stereocenters. The highest BCUT2D eigenvalue weighted by atomic mass is 32.2. The third-order valence-electron chi connectivity index (χ3n) is 5.53. The minimum atomic E-state index is 0.0511. The lowest BCUT2D eigenvalue weighted by Gasteiger charge is -2.39. The zero-order chi connectivity index (χ0) is 20.8. The molecule has 0 saturated carbocycles. The molecule has 0 spiro atoms. The summed E-state index contributed by atoms with van der Waals surface area (Å²) in [5.74, 6) is 0. The summed E-state index contributed by atoms with van der Waals surface area (Å²) in [5, 5.41) is 4.46. The van der Waals surface area contributed by atoms with Crippen LogP contribution in [-0.4, -0.2) is 42.4 Å². The van der Waals surface area contributed by atoms with Crippen LogP contribution in [0.4, 0.5) is 5.69 Å². The smallest absolute Gasteiger partial charge is 0.169 e. The molecule has 5 heteroatoms. The maximum absolute atomic E-state index is 5.85. The number of nitrogens with one attached hydrogen (secondary N) is 1. The SMILES string of the molecule is CSc1ccccc1N1CCN(C(=S)NC(c2ccccc2)c2ccccc2)CC1. The third-order valence-corrected chi connectivity index (χ3v) is 6.69. The summed E-state index contributed by atoms with van der Waals surface area (Å²) in [7, 11) is 0. The molecule has 1 aliphatic rings. The topological polar surface area (TPSA) is 18.5 Å². The molecule has 1 N–H and O–H groups in total. The fraction of sp³-hybridized carbons (Fsp3) is 0.240. The molecule has 30 heavy (non-hydrogen) atoms. The Bertz CT molecular complexity index is 915. The summed E-state index contributed by atoms with van der Waals surface area (Å²) in [6.07, 6.45) is 2.14. The quantitative estimate of drug-likeness (QED) is 0.439. The Labute approximate surface area is 189 Å². The fourth-order valence-electron chi connectivity index (χ4n) is 3.91. The van der Waals surface area contributed by atoms with Crippen molar-refractivity contribution in [3.63, 3.8) is 0 Å². The van der Waals surface area contributed by atoms with Crippen LogP contribution in [0.2, 0.25) is 0 Å². The molecule has 0 unspecified atom stereocenters. The van der Waals surface area contributed by atoms with Gasteiger partial charge in [-0.15, -0.1) is 11.8 Å². The van der Waals surface area contributed by atoms with E-state index in [4.69, 9.17) is 12.2 Å². The van der Waals surface area contributed by atoms with E-state index in [0.29, 0.717) is 0 Å². The molecule has 3 aromatic carbocycles. The van der Waals surface area contributed by atoms with Crippen molar-refractivity contribution in [1.29, 1.82) is 0 Å². The van der Waals surface area contributed by atoms with E-state index in [2.05, 4.69) is 106 Å². The normalized spacial score (nSPS) is 14.1. The van der Waals surface area contributed by atoms with E-state index in [0.717, 1.165) is 31.3 Å². The second-order valence-electron chi connectivity index (χ2n) is 7.35. The lowest BCUT2D eigenvalue weighted by Crippen LogP contribution is -2.52. The first-order valence-corrected chi connectivity index (χ1v) is 11.9. The van der Waals surface area contributed by atoms with Crippen molar-refractivity contribution in [3.05, 3.63) is 96.1 Å². The maximum Gasteiger partial charge on any atom is 0.169 e. The molecular formula is C25H27N3S2. The predicted octanol–water partition coefficient (Wildman–Crippen LogP) is 5.19. The highest BCUT2D eigenvalue weighted by molar-refractivity contribution is 7.98. The Balaban J connectivity index is 1.44. The van der Waals surface area contributed by atoms with Crippen molar-refractivity contribution < 1.29 is 0 Å². The average Bonchev–Trinajstić information content (AvgIpc) is 2.83. The van der Waals surface area contributed by atoms with E-state index in [1.54, 1.807) is 11.8 Å². The van der Waals surface area contributed by atoms with Gasteiger partial charge >= 0.3 is 0 Å². The summed E-state index contributed by atoms with van der Waals surface area (Å²) in [6, 6.07) is 29.8. The number of hydrogen-bond acceptors (Lipinski definition) is 3.